The first-order valence-electron chi connectivity index (χ1n) is 10.2. The molecular weight excluding hydrogens is 392 g/mol. The fraction of sp³-hybridized carbons (Fsp3) is 0.208. The van der Waals surface area contributed by atoms with Crippen LogP contribution < -0.4 is 10.6 Å². The van der Waals surface area contributed by atoms with Crippen molar-refractivity contribution in [2.45, 2.75) is 20.0 Å². The Morgan fingerprint density at radius 2 is 1.77 bits per heavy atom. The van der Waals surface area contributed by atoms with Gasteiger partial charge in [0.15, 0.2) is 0 Å². The number of para-hydroxylation sites is 1. The Hall–Kier alpha value is -3.71. The number of benzene rings is 2. The molecule has 4 aromatic rings. The number of aromatic nitrogens is 2. The lowest BCUT2D eigenvalue weighted by atomic mass is 10.1. The van der Waals surface area contributed by atoms with Crippen LogP contribution in [0.25, 0.3) is 21.8 Å². The molecule has 2 aromatic heterocycles. The predicted octanol–water partition coefficient (Wildman–Crippen LogP) is 3.48. The van der Waals surface area contributed by atoms with Crippen LogP contribution in [0.5, 0.6) is 0 Å². The van der Waals surface area contributed by atoms with Crippen molar-refractivity contribution in [2.75, 3.05) is 18.5 Å². The number of amides is 2. The summed E-state index contributed by atoms with van der Waals surface area (Å²) in [6.07, 6.45) is 3.36. The summed E-state index contributed by atoms with van der Waals surface area (Å²) in [5.41, 5.74) is 3.89. The Labute approximate surface area is 180 Å². The number of ether oxygens (including phenoxy) is 1. The highest BCUT2D eigenvalue weighted by Gasteiger charge is 2.11. The maximum absolute atomic E-state index is 12.3. The third kappa shape index (κ3) is 4.73. The van der Waals surface area contributed by atoms with E-state index in [1.54, 1.807) is 18.5 Å². The van der Waals surface area contributed by atoms with Gasteiger partial charge in [0.25, 0.3) is 0 Å². The van der Waals surface area contributed by atoms with E-state index in [-0.39, 0.29) is 25.0 Å². The number of nitrogens with one attached hydrogen (secondary N) is 2. The molecule has 2 N–H and O–H groups in total. The molecule has 0 saturated carbocycles. The number of aryl methyl sites for hydroxylation is 1. The normalized spacial score (nSPS) is 11.0. The lowest BCUT2D eigenvalue weighted by Crippen LogP contribution is -2.29. The topological polar surface area (TPSA) is 85.2 Å². The van der Waals surface area contributed by atoms with E-state index in [1.807, 2.05) is 36.4 Å². The molecule has 31 heavy (non-hydrogen) atoms. The van der Waals surface area contributed by atoms with Gasteiger partial charge in [-0.1, -0.05) is 24.3 Å². The maximum atomic E-state index is 12.3. The van der Waals surface area contributed by atoms with Gasteiger partial charge in [0.05, 0.1) is 0 Å². The molecule has 158 valence electrons. The fourth-order valence-corrected chi connectivity index (χ4v) is 3.66. The molecule has 2 heterocycles. The molecule has 0 bridgehead atoms. The Bertz CT molecular complexity index is 1220. The average molecular weight is 416 g/mol. The second-order valence-electron chi connectivity index (χ2n) is 7.17. The summed E-state index contributed by atoms with van der Waals surface area (Å²) in [6, 6.07) is 17.8. The highest BCUT2D eigenvalue weighted by atomic mass is 16.5. The van der Waals surface area contributed by atoms with Crippen LogP contribution in [0.2, 0.25) is 0 Å². The van der Waals surface area contributed by atoms with Crippen molar-refractivity contribution < 1.29 is 14.3 Å². The SMILES string of the molecule is CCn1c2ccccc2c2cc(NC(=O)COCC(=O)NCc3cccnc3)ccc21. The van der Waals surface area contributed by atoms with Gasteiger partial charge in [0.2, 0.25) is 11.8 Å². The smallest absolute Gasteiger partial charge is 0.250 e. The molecule has 0 saturated heterocycles. The molecule has 0 fully saturated rings. The van der Waals surface area contributed by atoms with Crippen LogP contribution in [0.3, 0.4) is 0 Å². The molecule has 0 atom stereocenters. The van der Waals surface area contributed by atoms with E-state index in [1.165, 1.54) is 5.52 Å². The number of anilines is 1. The number of pyridine rings is 1. The van der Waals surface area contributed by atoms with Crippen molar-refractivity contribution >= 4 is 39.3 Å². The molecular formula is C24H24N4O3. The monoisotopic (exact) mass is 416 g/mol. The molecule has 0 aliphatic rings. The molecule has 0 aliphatic heterocycles. The standard InChI is InChI=1S/C24H24N4O3/c1-2-28-21-8-4-3-7-19(21)20-12-18(9-10-22(20)28)27-24(30)16-31-15-23(29)26-14-17-6-5-11-25-13-17/h3-13H,2,14-16H2,1H3,(H,26,29)(H,27,30). The molecule has 0 radical (unpaired) electrons. The van der Waals surface area contributed by atoms with Crippen molar-refractivity contribution in [1.82, 2.24) is 14.9 Å². The molecule has 0 unspecified atom stereocenters. The van der Waals surface area contributed by atoms with Crippen LogP contribution in [0, 0.1) is 0 Å². The number of rotatable bonds is 8. The Kier molecular flexibility index (Phi) is 6.24. The van der Waals surface area contributed by atoms with Crippen LogP contribution in [0.15, 0.2) is 67.0 Å². The Morgan fingerprint density at radius 3 is 2.58 bits per heavy atom. The first-order chi connectivity index (χ1) is 15.2. The molecule has 7 heteroatoms. The molecule has 4 rings (SSSR count). The zero-order valence-electron chi connectivity index (χ0n) is 17.3. The lowest BCUT2D eigenvalue weighted by Gasteiger charge is -2.08. The molecule has 0 spiro atoms. The Balaban J connectivity index is 1.32. The van der Waals surface area contributed by atoms with E-state index in [4.69, 9.17) is 4.74 Å². The van der Waals surface area contributed by atoms with E-state index in [9.17, 15) is 9.59 Å². The van der Waals surface area contributed by atoms with Gasteiger partial charge in [-0.25, -0.2) is 0 Å². The third-order valence-electron chi connectivity index (χ3n) is 5.05. The lowest BCUT2D eigenvalue weighted by molar-refractivity contribution is -0.128. The first kappa shape index (κ1) is 20.6. The van der Waals surface area contributed by atoms with Crippen molar-refractivity contribution in [3.63, 3.8) is 0 Å². The number of hydrogen-bond acceptors (Lipinski definition) is 4. The number of hydrogen-bond donors (Lipinski definition) is 2. The van der Waals surface area contributed by atoms with Gasteiger partial charge >= 0.3 is 0 Å². The van der Waals surface area contributed by atoms with Gasteiger partial charge < -0.3 is 19.9 Å². The van der Waals surface area contributed by atoms with Crippen molar-refractivity contribution in [3.8, 4) is 0 Å². The third-order valence-corrected chi connectivity index (χ3v) is 5.05. The maximum Gasteiger partial charge on any atom is 0.250 e. The number of carbonyl (C=O) groups is 2. The zero-order chi connectivity index (χ0) is 21.6. The van der Waals surface area contributed by atoms with Gasteiger partial charge in [-0.3, -0.25) is 14.6 Å². The summed E-state index contributed by atoms with van der Waals surface area (Å²) in [4.78, 5) is 28.1. The fourth-order valence-electron chi connectivity index (χ4n) is 3.66. The summed E-state index contributed by atoms with van der Waals surface area (Å²) < 4.78 is 7.51. The highest BCUT2D eigenvalue weighted by Crippen LogP contribution is 2.30. The van der Waals surface area contributed by atoms with E-state index >= 15 is 0 Å². The largest absolute Gasteiger partial charge is 0.362 e. The summed E-state index contributed by atoms with van der Waals surface area (Å²) in [5.74, 6) is -0.593. The van der Waals surface area contributed by atoms with Gasteiger partial charge in [-0.15, -0.1) is 0 Å². The highest BCUT2D eigenvalue weighted by molar-refractivity contribution is 6.09. The van der Waals surface area contributed by atoms with E-state index in [2.05, 4.69) is 39.2 Å². The summed E-state index contributed by atoms with van der Waals surface area (Å²) in [5, 5.41) is 7.81. The van der Waals surface area contributed by atoms with Gasteiger partial charge in [-0.2, -0.15) is 0 Å². The number of carbonyl (C=O) groups excluding carboxylic acids is 2. The summed E-state index contributed by atoms with van der Waals surface area (Å²) in [6.45, 7) is 2.97. The summed E-state index contributed by atoms with van der Waals surface area (Å²) in [7, 11) is 0. The molecule has 0 aliphatic carbocycles. The minimum absolute atomic E-state index is 0.184. The minimum atomic E-state index is -0.307. The van der Waals surface area contributed by atoms with Crippen LogP contribution in [0.1, 0.15) is 12.5 Å². The molecule has 2 amide bonds. The van der Waals surface area contributed by atoms with Crippen molar-refractivity contribution in [1.29, 1.82) is 0 Å². The van der Waals surface area contributed by atoms with Crippen LogP contribution in [0.4, 0.5) is 5.69 Å². The van der Waals surface area contributed by atoms with E-state index < -0.39 is 0 Å². The summed E-state index contributed by atoms with van der Waals surface area (Å²) >= 11 is 0. The minimum Gasteiger partial charge on any atom is -0.362 e. The average Bonchev–Trinajstić information content (AvgIpc) is 3.11. The van der Waals surface area contributed by atoms with Crippen molar-refractivity contribution in [2.24, 2.45) is 0 Å². The quantitative estimate of drug-likeness (QED) is 0.461. The first-order valence-corrected chi connectivity index (χ1v) is 10.2. The predicted molar refractivity (Wildman–Crippen MR) is 121 cm³/mol. The Morgan fingerprint density at radius 1 is 0.968 bits per heavy atom. The van der Waals surface area contributed by atoms with Crippen molar-refractivity contribution in [3.05, 3.63) is 72.6 Å². The molecule has 2 aromatic carbocycles. The van der Waals surface area contributed by atoms with Gasteiger partial charge in [0, 0.05) is 53.0 Å². The second-order valence-corrected chi connectivity index (χ2v) is 7.17. The second kappa shape index (κ2) is 9.40. The number of nitrogens with zero attached hydrogens (tertiary/aromatic N) is 2. The van der Waals surface area contributed by atoms with E-state index in [0.717, 1.165) is 28.4 Å². The van der Waals surface area contributed by atoms with Gasteiger partial charge in [-0.05, 0) is 42.8 Å². The van der Waals surface area contributed by atoms with E-state index in [0.29, 0.717) is 12.2 Å². The zero-order valence-corrected chi connectivity index (χ0v) is 17.3. The number of fused-ring (bicyclic) bond motifs is 3. The van der Waals surface area contributed by atoms with Gasteiger partial charge in [0.1, 0.15) is 13.2 Å². The van der Waals surface area contributed by atoms with Crippen LogP contribution >= 0.6 is 0 Å². The van der Waals surface area contributed by atoms with Crippen LogP contribution in [-0.4, -0.2) is 34.6 Å². The molecule has 7 nitrogen and oxygen atoms in total. The van der Waals surface area contributed by atoms with Crippen LogP contribution in [-0.2, 0) is 27.4 Å².